The van der Waals surface area contributed by atoms with Crippen LogP contribution in [-0.4, -0.2) is 39.6 Å². The van der Waals surface area contributed by atoms with Crippen molar-refractivity contribution in [3.63, 3.8) is 0 Å². The van der Waals surface area contributed by atoms with Crippen molar-refractivity contribution >= 4 is 57.2 Å². The Morgan fingerprint density at radius 2 is 2.19 bits per heavy atom. The molecular weight excluding hydrogens is 539 g/mol. The van der Waals surface area contributed by atoms with Gasteiger partial charge in [-0.15, -0.1) is 35.3 Å². The van der Waals surface area contributed by atoms with E-state index in [-0.39, 0.29) is 24.0 Å². The summed E-state index contributed by atoms with van der Waals surface area (Å²) in [7, 11) is 2.06. The Hall–Kier alpha value is -1.46. The number of aliphatic imine (C=N–C) groups is 1. The molecule has 6 nitrogen and oxygen atoms in total. The molecule has 1 aromatic carbocycles. The van der Waals surface area contributed by atoms with Gasteiger partial charge in [0, 0.05) is 24.0 Å². The monoisotopic (exact) mass is 560 g/mol. The van der Waals surface area contributed by atoms with E-state index in [9.17, 15) is 0 Å². The van der Waals surface area contributed by atoms with E-state index in [1.165, 1.54) is 11.2 Å². The third-order valence-electron chi connectivity index (χ3n) is 3.75. The molecule has 0 radical (unpaired) electrons. The molecule has 2 aromatic heterocycles. The first-order chi connectivity index (χ1) is 12.7. The normalized spacial score (nSPS) is 11.1. The molecule has 0 atom stereocenters. The van der Waals surface area contributed by atoms with E-state index in [0.717, 1.165) is 39.8 Å². The van der Waals surface area contributed by atoms with Crippen LogP contribution in [0.2, 0.25) is 0 Å². The van der Waals surface area contributed by atoms with E-state index in [4.69, 9.17) is 4.99 Å². The molecule has 0 aliphatic heterocycles. The summed E-state index contributed by atoms with van der Waals surface area (Å²) in [6.07, 6.45) is 1.52. The molecule has 0 aliphatic carbocycles. The topological polar surface area (TPSA) is 69.2 Å². The molecule has 2 heterocycles. The van der Waals surface area contributed by atoms with Crippen LogP contribution in [0.15, 0.2) is 51.5 Å². The zero-order valence-electron chi connectivity index (χ0n) is 15.1. The van der Waals surface area contributed by atoms with Crippen LogP contribution in [0.3, 0.4) is 0 Å². The average molecular weight is 561 g/mol. The number of nitrogens with zero attached hydrogens (tertiary/aromatic N) is 4. The number of nitrogens with one attached hydrogen (secondary N) is 2. The van der Waals surface area contributed by atoms with Gasteiger partial charge in [0.15, 0.2) is 11.8 Å². The highest BCUT2D eigenvalue weighted by atomic mass is 127. The van der Waals surface area contributed by atoms with Gasteiger partial charge in [-0.3, -0.25) is 5.10 Å². The van der Waals surface area contributed by atoms with Crippen molar-refractivity contribution in [2.24, 2.45) is 4.99 Å². The van der Waals surface area contributed by atoms with Gasteiger partial charge in [-0.1, -0.05) is 18.2 Å². The first-order valence-electron chi connectivity index (χ1n) is 8.34. The summed E-state index contributed by atoms with van der Waals surface area (Å²) in [6, 6.07) is 12.4. The maximum absolute atomic E-state index is 4.79. The highest BCUT2D eigenvalue weighted by Gasteiger charge is 2.08. The summed E-state index contributed by atoms with van der Waals surface area (Å²) in [5, 5.41) is 10.2. The van der Waals surface area contributed by atoms with E-state index in [2.05, 4.69) is 79.6 Å². The molecule has 0 bridgehead atoms. The third-order valence-corrected chi connectivity index (χ3v) is 5.35. The maximum atomic E-state index is 4.79. The van der Waals surface area contributed by atoms with Gasteiger partial charge in [-0.25, -0.2) is 9.98 Å². The summed E-state index contributed by atoms with van der Waals surface area (Å²) >= 11 is 5.26. The van der Waals surface area contributed by atoms with E-state index < -0.39 is 0 Å². The minimum absolute atomic E-state index is 0. The molecule has 0 saturated carbocycles. The van der Waals surface area contributed by atoms with Gasteiger partial charge in [0.1, 0.15) is 6.33 Å². The number of halogens is 2. The Morgan fingerprint density at radius 1 is 1.33 bits per heavy atom. The Kier molecular flexibility index (Phi) is 8.71. The predicted octanol–water partition coefficient (Wildman–Crippen LogP) is 4.51. The number of rotatable bonds is 6. The summed E-state index contributed by atoms with van der Waals surface area (Å²) < 4.78 is 1.15. The second-order valence-electron chi connectivity index (χ2n) is 5.77. The molecule has 3 aromatic rings. The number of hydrogen-bond donors (Lipinski definition) is 2. The predicted molar refractivity (Wildman–Crippen MR) is 126 cm³/mol. The van der Waals surface area contributed by atoms with Crippen LogP contribution < -0.4 is 5.32 Å². The lowest BCUT2D eigenvalue weighted by atomic mass is 10.1. The molecule has 0 spiro atoms. The Labute approximate surface area is 188 Å². The largest absolute Gasteiger partial charge is 0.357 e. The Morgan fingerprint density at radius 3 is 2.85 bits per heavy atom. The number of H-pyrrole nitrogens is 1. The smallest absolute Gasteiger partial charge is 0.194 e. The van der Waals surface area contributed by atoms with Crippen molar-refractivity contribution in [1.82, 2.24) is 25.4 Å². The van der Waals surface area contributed by atoms with Gasteiger partial charge in [-0.05, 0) is 46.6 Å². The molecule has 9 heteroatoms. The zero-order chi connectivity index (χ0) is 18.4. The number of aromatic nitrogens is 3. The lowest BCUT2D eigenvalue weighted by molar-refractivity contribution is 0.481. The van der Waals surface area contributed by atoms with E-state index in [0.29, 0.717) is 6.54 Å². The lowest BCUT2D eigenvalue weighted by Crippen LogP contribution is -2.38. The fraction of sp³-hybridized carbons (Fsp3) is 0.278. The highest BCUT2D eigenvalue weighted by molar-refractivity contribution is 14.0. The van der Waals surface area contributed by atoms with E-state index in [1.54, 1.807) is 11.3 Å². The van der Waals surface area contributed by atoms with Crippen LogP contribution in [0.25, 0.3) is 11.4 Å². The van der Waals surface area contributed by atoms with Crippen molar-refractivity contribution < 1.29 is 0 Å². The second-order valence-corrected chi connectivity index (χ2v) is 8.31. The van der Waals surface area contributed by atoms with Gasteiger partial charge < -0.3 is 10.2 Å². The number of thiophene rings is 1. The van der Waals surface area contributed by atoms with Gasteiger partial charge >= 0.3 is 0 Å². The fourth-order valence-electron chi connectivity index (χ4n) is 2.54. The SMILES string of the molecule is CCNC(=NCc1cccc(-c2ncn[nH]2)c1)N(C)Cc1ccc(Br)s1.I. The first kappa shape index (κ1) is 21.8. The van der Waals surface area contributed by atoms with Crippen molar-refractivity contribution in [2.45, 2.75) is 20.0 Å². The Balaban J connectivity index is 0.00000261. The van der Waals surface area contributed by atoms with Crippen LogP contribution in [0.4, 0.5) is 0 Å². The van der Waals surface area contributed by atoms with Crippen LogP contribution in [0.1, 0.15) is 17.4 Å². The van der Waals surface area contributed by atoms with Crippen LogP contribution in [-0.2, 0) is 13.1 Å². The van der Waals surface area contributed by atoms with Crippen molar-refractivity contribution in [3.05, 3.63) is 57.0 Å². The van der Waals surface area contributed by atoms with Gasteiger partial charge in [0.25, 0.3) is 0 Å². The van der Waals surface area contributed by atoms with Crippen molar-refractivity contribution in [1.29, 1.82) is 0 Å². The van der Waals surface area contributed by atoms with Crippen LogP contribution in [0.5, 0.6) is 0 Å². The van der Waals surface area contributed by atoms with E-state index in [1.807, 2.05) is 12.1 Å². The lowest BCUT2D eigenvalue weighted by Gasteiger charge is -2.21. The molecule has 27 heavy (non-hydrogen) atoms. The number of aromatic amines is 1. The quantitative estimate of drug-likeness (QED) is 0.264. The van der Waals surface area contributed by atoms with Crippen molar-refractivity contribution in [2.75, 3.05) is 13.6 Å². The number of guanidine groups is 1. The molecular formula is C18H22BrIN6S. The molecule has 0 unspecified atom stereocenters. The van der Waals surface area contributed by atoms with E-state index >= 15 is 0 Å². The summed E-state index contributed by atoms with van der Waals surface area (Å²) in [6.45, 7) is 4.33. The molecule has 144 valence electrons. The molecule has 3 rings (SSSR count). The minimum Gasteiger partial charge on any atom is -0.357 e. The zero-order valence-corrected chi connectivity index (χ0v) is 19.9. The van der Waals surface area contributed by atoms with Crippen LogP contribution in [0, 0.1) is 0 Å². The van der Waals surface area contributed by atoms with Crippen molar-refractivity contribution in [3.8, 4) is 11.4 Å². The third kappa shape index (κ3) is 6.28. The summed E-state index contributed by atoms with van der Waals surface area (Å²) in [5.41, 5.74) is 2.14. The molecule has 0 amide bonds. The minimum atomic E-state index is 0. The first-order valence-corrected chi connectivity index (χ1v) is 9.95. The van der Waals surface area contributed by atoms with Gasteiger partial charge in [0.2, 0.25) is 0 Å². The maximum Gasteiger partial charge on any atom is 0.194 e. The van der Waals surface area contributed by atoms with Gasteiger partial charge in [-0.2, -0.15) is 5.10 Å². The summed E-state index contributed by atoms with van der Waals surface area (Å²) in [4.78, 5) is 12.4. The second kappa shape index (κ2) is 10.8. The molecule has 0 fully saturated rings. The van der Waals surface area contributed by atoms with Gasteiger partial charge in [0.05, 0.1) is 16.9 Å². The average Bonchev–Trinajstić information content (AvgIpc) is 3.31. The molecule has 0 aliphatic rings. The number of hydrogen-bond acceptors (Lipinski definition) is 4. The molecule has 2 N–H and O–H groups in total. The van der Waals surface area contributed by atoms with Crippen LogP contribution >= 0.6 is 51.2 Å². The summed E-state index contributed by atoms with van der Waals surface area (Å²) in [5.74, 6) is 1.66. The molecule has 0 saturated heterocycles. The number of benzene rings is 1. The standard InChI is InChI=1S/C18H21BrN6S.HI/c1-3-20-18(25(2)11-15-7-8-16(19)26-15)21-10-13-5-4-6-14(9-13)17-22-12-23-24-17;/h4-9,12H,3,10-11H2,1-2H3,(H,20,21)(H,22,23,24);1H. The highest BCUT2D eigenvalue weighted by Crippen LogP contribution is 2.23. The fourth-order valence-corrected chi connectivity index (χ4v) is 4.08. The Bertz CT molecular complexity index is 864.